The normalized spacial score (nSPS) is 13.6. The number of amides is 1. The van der Waals surface area contributed by atoms with E-state index in [1.165, 1.54) is 13.2 Å². The van der Waals surface area contributed by atoms with Crippen LogP contribution in [0.15, 0.2) is 22.8 Å². The van der Waals surface area contributed by atoms with Crippen LogP contribution in [0.25, 0.3) is 0 Å². The number of aromatic nitrogens is 1. The zero-order valence-corrected chi connectivity index (χ0v) is 13.8. The largest absolute Gasteiger partial charge is 0.467 e. The molecule has 2 heterocycles. The summed E-state index contributed by atoms with van der Waals surface area (Å²) in [4.78, 5) is 27.0. The SMILES string of the molecule is CC(=O)c1c(C)[nH]c(C(=O)N[C@@H](C)C[C@@H](O)c2ccco2)c1C. The van der Waals surface area contributed by atoms with E-state index in [1.54, 1.807) is 32.9 Å². The molecule has 3 N–H and O–H groups in total. The van der Waals surface area contributed by atoms with Crippen LogP contribution in [0.2, 0.25) is 0 Å². The Hall–Kier alpha value is -2.34. The second-order valence-corrected chi connectivity index (χ2v) is 5.82. The molecule has 0 aliphatic rings. The number of aromatic amines is 1. The van der Waals surface area contributed by atoms with Gasteiger partial charge in [0.15, 0.2) is 5.78 Å². The first-order valence-electron chi connectivity index (χ1n) is 7.53. The number of carbonyl (C=O) groups excluding carboxylic acids is 2. The highest BCUT2D eigenvalue weighted by Crippen LogP contribution is 2.20. The van der Waals surface area contributed by atoms with E-state index in [0.717, 1.165) is 0 Å². The Morgan fingerprint density at radius 1 is 1.39 bits per heavy atom. The van der Waals surface area contributed by atoms with Gasteiger partial charge >= 0.3 is 0 Å². The van der Waals surface area contributed by atoms with Gasteiger partial charge in [-0.2, -0.15) is 0 Å². The molecular formula is C17H22N2O4. The summed E-state index contributed by atoms with van der Waals surface area (Å²) in [5.74, 6) is 0.102. The number of aryl methyl sites for hydroxylation is 1. The quantitative estimate of drug-likeness (QED) is 0.714. The van der Waals surface area contributed by atoms with Gasteiger partial charge in [-0.25, -0.2) is 0 Å². The van der Waals surface area contributed by atoms with Crippen LogP contribution in [0.4, 0.5) is 0 Å². The van der Waals surface area contributed by atoms with Crippen LogP contribution in [0.1, 0.15) is 64.2 Å². The molecule has 0 saturated carbocycles. The second-order valence-electron chi connectivity index (χ2n) is 5.82. The van der Waals surface area contributed by atoms with E-state index in [1.807, 2.05) is 0 Å². The van der Waals surface area contributed by atoms with Gasteiger partial charge in [-0.05, 0) is 45.4 Å². The maximum absolute atomic E-state index is 12.4. The number of rotatable bonds is 6. The van der Waals surface area contributed by atoms with Crippen LogP contribution in [0.5, 0.6) is 0 Å². The van der Waals surface area contributed by atoms with Crippen LogP contribution in [-0.2, 0) is 0 Å². The number of nitrogens with one attached hydrogen (secondary N) is 2. The second kappa shape index (κ2) is 6.83. The Bertz CT molecular complexity index is 701. The highest BCUT2D eigenvalue weighted by Gasteiger charge is 2.22. The molecule has 2 aromatic rings. The van der Waals surface area contributed by atoms with Crippen molar-refractivity contribution in [2.75, 3.05) is 0 Å². The van der Waals surface area contributed by atoms with Crippen molar-refractivity contribution in [3.05, 3.63) is 46.7 Å². The molecule has 0 saturated heterocycles. The Morgan fingerprint density at radius 3 is 2.61 bits per heavy atom. The number of ketones is 1. The molecule has 0 aliphatic carbocycles. The van der Waals surface area contributed by atoms with Crippen molar-refractivity contribution in [1.29, 1.82) is 0 Å². The predicted molar refractivity (Wildman–Crippen MR) is 85.5 cm³/mol. The zero-order valence-electron chi connectivity index (χ0n) is 13.8. The molecule has 0 spiro atoms. The summed E-state index contributed by atoms with van der Waals surface area (Å²) in [6.07, 6.45) is 1.05. The van der Waals surface area contributed by atoms with Crippen LogP contribution >= 0.6 is 0 Å². The molecule has 0 radical (unpaired) electrons. The lowest BCUT2D eigenvalue weighted by Gasteiger charge is -2.16. The first-order valence-corrected chi connectivity index (χ1v) is 7.53. The Kier molecular flexibility index (Phi) is 5.05. The topological polar surface area (TPSA) is 95.3 Å². The molecule has 1 amide bonds. The standard InChI is InChI=1S/C17H22N2O4/c1-9(8-13(21)14-6-5-7-23-14)18-17(22)16-10(2)15(12(4)20)11(3)19-16/h5-7,9,13,19,21H,8H2,1-4H3,(H,18,22)/t9-,13+/m0/s1. The van der Waals surface area contributed by atoms with Crippen LogP contribution in [0, 0.1) is 13.8 Å². The average molecular weight is 318 g/mol. The van der Waals surface area contributed by atoms with E-state index >= 15 is 0 Å². The maximum atomic E-state index is 12.4. The summed E-state index contributed by atoms with van der Waals surface area (Å²) in [6.45, 7) is 6.80. The first-order chi connectivity index (χ1) is 10.8. The van der Waals surface area contributed by atoms with Crippen LogP contribution < -0.4 is 5.32 Å². The number of furan rings is 1. The fourth-order valence-corrected chi connectivity index (χ4v) is 2.79. The highest BCUT2D eigenvalue weighted by atomic mass is 16.4. The van der Waals surface area contributed by atoms with Gasteiger partial charge in [0.2, 0.25) is 0 Å². The van der Waals surface area contributed by atoms with Crippen LogP contribution in [0.3, 0.4) is 0 Å². The van der Waals surface area contributed by atoms with Crippen molar-refractivity contribution in [2.24, 2.45) is 0 Å². The van der Waals surface area contributed by atoms with Gasteiger partial charge in [0.25, 0.3) is 5.91 Å². The summed E-state index contributed by atoms with van der Waals surface area (Å²) in [7, 11) is 0. The number of carbonyl (C=O) groups is 2. The molecule has 0 fully saturated rings. The third-order valence-corrected chi connectivity index (χ3v) is 3.84. The molecule has 124 valence electrons. The van der Waals surface area contributed by atoms with Gasteiger partial charge < -0.3 is 19.8 Å². The molecule has 0 unspecified atom stereocenters. The summed E-state index contributed by atoms with van der Waals surface area (Å²) < 4.78 is 5.14. The minimum atomic E-state index is -0.778. The third kappa shape index (κ3) is 3.71. The van der Waals surface area contributed by atoms with Gasteiger partial charge in [-0.3, -0.25) is 9.59 Å². The average Bonchev–Trinajstić information content (AvgIpc) is 3.06. The summed E-state index contributed by atoms with van der Waals surface area (Å²) >= 11 is 0. The summed E-state index contributed by atoms with van der Waals surface area (Å²) in [5, 5.41) is 12.9. The van der Waals surface area contributed by atoms with E-state index < -0.39 is 6.10 Å². The van der Waals surface area contributed by atoms with E-state index in [4.69, 9.17) is 4.42 Å². The van der Waals surface area contributed by atoms with Gasteiger partial charge in [0.1, 0.15) is 17.6 Å². The van der Waals surface area contributed by atoms with Gasteiger partial charge in [-0.1, -0.05) is 0 Å². The first kappa shape index (κ1) is 17.0. The number of hydrogen-bond acceptors (Lipinski definition) is 4. The van der Waals surface area contributed by atoms with Crippen molar-refractivity contribution in [3.63, 3.8) is 0 Å². The predicted octanol–water partition coefficient (Wildman–Crippen LogP) is 2.67. The molecule has 2 atom stereocenters. The van der Waals surface area contributed by atoms with E-state index in [2.05, 4.69) is 10.3 Å². The Balaban J connectivity index is 2.04. The lowest BCUT2D eigenvalue weighted by Crippen LogP contribution is -2.34. The molecule has 2 aromatic heterocycles. The molecule has 6 nitrogen and oxygen atoms in total. The monoisotopic (exact) mass is 318 g/mol. The fourth-order valence-electron chi connectivity index (χ4n) is 2.79. The van der Waals surface area contributed by atoms with Gasteiger partial charge in [0, 0.05) is 23.7 Å². The summed E-state index contributed by atoms with van der Waals surface area (Å²) in [5.41, 5.74) is 2.26. The maximum Gasteiger partial charge on any atom is 0.268 e. The molecule has 0 bridgehead atoms. The van der Waals surface area contributed by atoms with Crippen molar-refractivity contribution >= 4 is 11.7 Å². The molecule has 0 aliphatic heterocycles. The Labute approximate surface area is 134 Å². The minimum absolute atomic E-state index is 0.0726. The van der Waals surface area contributed by atoms with Crippen LogP contribution in [-0.4, -0.2) is 27.8 Å². The van der Waals surface area contributed by atoms with E-state index in [9.17, 15) is 14.7 Å². The molecular weight excluding hydrogens is 296 g/mol. The van der Waals surface area contributed by atoms with Gasteiger partial charge in [0.05, 0.1) is 6.26 Å². The van der Waals surface area contributed by atoms with Gasteiger partial charge in [-0.15, -0.1) is 0 Å². The zero-order chi connectivity index (χ0) is 17.1. The van der Waals surface area contributed by atoms with E-state index in [0.29, 0.717) is 34.7 Å². The number of aliphatic hydroxyl groups excluding tert-OH is 1. The highest BCUT2D eigenvalue weighted by molar-refractivity contribution is 6.02. The number of hydrogen-bond donors (Lipinski definition) is 3. The fraction of sp³-hybridized carbons (Fsp3) is 0.412. The van der Waals surface area contributed by atoms with Crippen molar-refractivity contribution < 1.29 is 19.1 Å². The van der Waals surface area contributed by atoms with Crippen molar-refractivity contribution in [2.45, 2.75) is 46.3 Å². The molecule has 2 rings (SSSR count). The smallest absolute Gasteiger partial charge is 0.268 e. The minimum Gasteiger partial charge on any atom is -0.467 e. The van der Waals surface area contributed by atoms with Crippen molar-refractivity contribution in [1.82, 2.24) is 10.3 Å². The number of aliphatic hydroxyl groups is 1. The van der Waals surface area contributed by atoms with E-state index in [-0.39, 0.29) is 17.7 Å². The molecule has 6 heteroatoms. The number of Topliss-reactive ketones (excluding diaryl/α,β-unsaturated/α-hetero) is 1. The number of H-pyrrole nitrogens is 1. The molecule has 0 aromatic carbocycles. The lowest BCUT2D eigenvalue weighted by molar-refractivity contribution is 0.0898. The Morgan fingerprint density at radius 2 is 2.09 bits per heavy atom. The molecule has 23 heavy (non-hydrogen) atoms. The van der Waals surface area contributed by atoms with Crippen molar-refractivity contribution in [3.8, 4) is 0 Å². The lowest BCUT2D eigenvalue weighted by atomic mass is 10.1. The summed E-state index contributed by atoms with van der Waals surface area (Å²) in [6, 6.07) is 3.14. The third-order valence-electron chi connectivity index (χ3n) is 3.84.